The smallest absolute Gasteiger partial charge is 0.230 e. The Labute approximate surface area is 124 Å². The molecular formula is C15H20ClNO3. The maximum absolute atomic E-state index is 12.7. The summed E-state index contributed by atoms with van der Waals surface area (Å²) in [6.45, 7) is 2.21. The van der Waals surface area contributed by atoms with Crippen molar-refractivity contribution < 1.29 is 14.3 Å². The second-order valence-electron chi connectivity index (χ2n) is 4.73. The molecule has 1 aromatic carbocycles. The Morgan fingerprint density at radius 3 is 3.00 bits per heavy atom. The first kappa shape index (κ1) is 15.1. The minimum absolute atomic E-state index is 0.110. The lowest BCUT2D eigenvalue weighted by atomic mass is 9.92. The van der Waals surface area contributed by atoms with Gasteiger partial charge in [-0.3, -0.25) is 4.79 Å². The number of amides is 1. The number of nitrogens with zero attached hydrogens (tertiary/aromatic N) is 1. The number of benzene rings is 1. The zero-order valence-electron chi connectivity index (χ0n) is 11.7. The first-order valence-electron chi connectivity index (χ1n) is 6.83. The van der Waals surface area contributed by atoms with Crippen LogP contribution in [-0.4, -0.2) is 50.1 Å². The van der Waals surface area contributed by atoms with Gasteiger partial charge in [-0.2, -0.15) is 0 Å². The summed E-state index contributed by atoms with van der Waals surface area (Å²) in [6, 6.07) is 7.74. The first-order valence-corrected chi connectivity index (χ1v) is 7.36. The van der Waals surface area contributed by atoms with Crippen LogP contribution in [0.2, 0.25) is 0 Å². The van der Waals surface area contributed by atoms with Crippen LogP contribution in [-0.2, 0) is 9.53 Å². The number of hydrogen-bond acceptors (Lipinski definition) is 3. The van der Waals surface area contributed by atoms with Crippen LogP contribution in [0.15, 0.2) is 24.3 Å². The summed E-state index contributed by atoms with van der Waals surface area (Å²) < 4.78 is 10.7. The van der Waals surface area contributed by atoms with E-state index < -0.39 is 0 Å². The van der Waals surface area contributed by atoms with E-state index in [9.17, 15) is 4.79 Å². The van der Waals surface area contributed by atoms with Gasteiger partial charge in [0, 0.05) is 31.6 Å². The third-order valence-electron chi connectivity index (χ3n) is 3.49. The molecule has 0 spiro atoms. The predicted octanol–water partition coefficient (Wildman–Crippen LogP) is 2.27. The highest BCUT2D eigenvalue weighted by Gasteiger charge is 2.30. The van der Waals surface area contributed by atoms with Gasteiger partial charge in [-0.1, -0.05) is 18.2 Å². The lowest BCUT2D eigenvalue weighted by Crippen LogP contribution is -2.40. The SMILES string of the molecule is COCCN(CCCl)C(=O)C1CCOc2ccccc21. The second kappa shape index (κ2) is 7.50. The van der Waals surface area contributed by atoms with Gasteiger partial charge >= 0.3 is 0 Å². The molecule has 0 radical (unpaired) electrons. The van der Waals surface area contributed by atoms with Crippen molar-refractivity contribution in [2.24, 2.45) is 0 Å². The quantitative estimate of drug-likeness (QED) is 0.756. The van der Waals surface area contributed by atoms with Crippen molar-refractivity contribution in [3.63, 3.8) is 0 Å². The van der Waals surface area contributed by atoms with Crippen LogP contribution in [0.25, 0.3) is 0 Å². The van der Waals surface area contributed by atoms with Gasteiger partial charge in [-0.25, -0.2) is 0 Å². The summed E-state index contributed by atoms with van der Waals surface area (Å²) in [5, 5.41) is 0. The number of alkyl halides is 1. The van der Waals surface area contributed by atoms with Crippen LogP contribution in [0.4, 0.5) is 0 Å². The number of halogens is 1. The molecule has 4 nitrogen and oxygen atoms in total. The van der Waals surface area contributed by atoms with Crippen LogP contribution in [0.1, 0.15) is 17.9 Å². The molecule has 0 N–H and O–H groups in total. The van der Waals surface area contributed by atoms with Gasteiger partial charge in [-0.05, 0) is 12.5 Å². The van der Waals surface area contributed by atoms with Crippen molar-refractivity contribution in [2.45, 2.75) is 12.3 Å². The van der Waals surface area contributed by atoms with Crippen LogP contribution >= 0.6 is 11.6 Å². The first-order chi connectivity index (χ1) is 9.77. The van der Waals surface area contributed by atoms with E-state index in [0.717, 1.165) is 11.3 Å². The highest BCUT2D eigenvalue weighted by molar-refractivity contribution is 6.18. The van der Waals surface area contributed by atoms with Crippen LogP contribution < -0.4 is 4.74 Å². The van der Waals surface area contributed by atoms with E-state index in [-0.39, 0.29) is 11.8 Å². The second-order valence-corrected chi connectivity index (χ2v) is 5.11. The van der Waals surface area contributed by atoms with Crippen LogP contribution in [0.5, 0.6) is 5.75 Å². The van der Waals surface area contributed by atoms with E-state index in [1.807, 2.05) is 24.3 Å². The summed E-state index contributed by atoms with van der Waals surface area (Å²) >= 11 is 5.80. The van der Waals surface area contributed by atoms with E-state index in [2.05, 4.69) is 0 Å². The number of fused-ring (bicyclic) bond motifs is 1. The molecule has 1 heterocycles. The van der Waals surface area contributed by atoms with Gasteiger partial charge in [0.2, 0.25) is 5.91 Å². The number of ether oxygens (including phenoxy) is 2. The fourth-order valence-corrected chi connectivity index (χ4v) is 2.66. The minimum atomic E-state index is -0.139. The van der Waals surface area contributed by atoms with Gasteiger partial charge in [0.1, 0.15) is 5.75 Å². The number of para-hydroxylation sites is 1. The third kappa shape index (κ3) is 3.44. The summed E-state index contributed by atoms with van der Waals surface area (Å²) in [6.07, 6.45) is 0.710. The largest absolute Gasteiger partial charge is 0.493 e. The molecule has 1 unspecified atom stereocenters. The normalized spacial score (nSPS) is 17.2. The number of rotatable bonds is 6. The van der Waals surface area contributed by atoms with E-state index in [0.29, 0.717) is 38.6 Å². The van der Waals surface area contributed by atoms with E-state index in [1.165, 1.54) is 0 Å². The number of carbonyl (C=O) groups is 1. The number of hydrogen-bond donors (Lipinski definition) is 0. The molecule has 0 aromatic heterocycles. The average Bonchev–Trinajstić information content (AvgIpc) is 2.50. The lowest BCUT2D eigenvalue weighted by Gasteiger charge is -2.30. The third-order valence-corrected chi connectivity index (χ3v) is 3.66. The molecule has 1 amide bonds. The molecule has 0 bridgehead atoms. The molecule has 1 aromatic rings. The Balaban J connectivity index is 2.15. The Morgan fingerprint density at radius 2 is 2.25 bits per heavy atom. The molecule has 0 saturated carbocycles. The standard InChI is InChI=1S/C15H20ClNO3/c1-19-11-9-17(8-7-16)15(18)13-6-10-20-14-5-3-2-4-12(13)14/h2-5,13H,6-11H2,1H3. The highest BCUT2D eigenvalue weighted by atomic mass is 35.5. The highest BCUT2D eigenvalue weighted by Crippen LogP contribution is 2.34. The van der Waals surface area contributed by atoms with E-state index in [4.69, 9.17) is 21.1 Å². The minimum Gasteiger partial charge on any atom is -0.493 e. The van der Waals surface area contributed by atoms with E-state index in [1.54, 1.807) is 12.0 Å². The summed E-state index contributed by atoms with van der Waals surface area (Å²) in [4.78, 5) is 14.5. The van der Waals surface area contributed by atoms with Gasteiger partial charge in [0.05, 0.1) is 19.1 Å². The molecule has 1 atom stereocenters. The predicted molar refractivity (Wildman–Crippen MR) is 78.5 cm³/mol. The van der Waals surface area contributed by atoms with E-state index >= 15 is 0 Å². The fraction of sp³-hybridized carbons (Fsp3) is 0.533. The van der Waals surface area contributed by atoms with Crippen molar-refractivity contribution in [1.82, 2.24) is 4.90 Å². The van der Waals surface area contributed by atoms with Crippen LogP contribution in [0.3, 0.4) is 0 Å². The molecule has 0 fully saturated rings. The topological polar surface area (TPSA) is 38.8 Å². The summed E-state index contributed by atoms with van der Waals surface area (Å²) in [7, 11) is 1.63. The Bertz CT molecular complexity index is 452. The average molecular weight is 298 g/mol. The number of methoxy groups -OCH3 is 1. The summed E-state index contributed by atoms with van der Waals surface area (Å²) in [5.74, 6) is 1.22. The van der Waals surface area contributed by atoms with Gasteiger partial charge < -0.3 is 14.4 Å². The monoisotopic (exact) mass is 297 g/mol. The molecule has 110 valence electrons. The Kier molecular flexibility index (Phi) is 5.68. The van der Waals surface area contributed by atoms with Crippen molar-refractivity contribution in [1.29, 1.82) is 0 Å². The maximum Gasteiger partial charge on any atom is 0.230 e. The molecule has 1 aliphatic heterocycles. The van der Waals surface area contributed by atoms with Crippen LogP contribution in [0, 0.1) is 0 Å². The van der Waals surface area contributed by atoms with Crippen molar-refractivity contribution in [3.8, 4) is 5.75 Å². The Morgan fingerprint density at radius 1 is 1.45 bits per heavy atom. The molecule has 20 heavy (non-hydrogen) atoms. The molecule has 1 aliphatic rings. The fourth-order valence-electron chi connectivity index (χ4n) is 2.45. The van der Waals surface area contributed by atoms with Crippen molar-refractivity contribution in [3.05, 3.63) is 29.8 Å². The van der Waals surface area contributed by atoms with Crippen molar-refractivity contribution in [2.75, 3.05) is 39.3 Å². The summed E-state index contributed by atoms with van der Waals surface area (Å²) in [5.41, 5.74) is 0.973. The van der Waals surface area contributed by atoms with Crippen molar-refractivity contribution >= 4 is 17.5 Å². The zero-order chi connectivity index (χ0) is 14.4. The van der Waals surface area contributed by atoms with Gasteiger partial charge in [0.25, 0.3) is 0 Å². The zero-order valence-corrected chi connectivity index (χ0v) is 12.4. The molecule has 0 aliphatic carbocycles. The lowest BCUT2D eigenvalue weighted by molar-refractivity contribution is -0.133. The maximum atomic E-state index is 12.7. The molecule has 5 heteroatoms. The van der Waals surface area contributed by atoms with Gasteiger partial charge in [-0.15, -0.1) is 11.6 Å². The molecule has 2 rings (SSSR count). The van der Waals surface area contributed by atoms with Gasteiger partial charge in [0.15, 0.2) is 0 Å². The Hall–Kier alpha value is -1.26. The number of carbonyl (C=O) groups excluding carboxylic acids is 1. The molecule has 0 saturated heterocycles. The molecular weight excluding hydrogens is 278 g/mol.